The second-order valence-electron chi connectivity index (χ2n) is 10.1. The number of carbonyl (C=O) groups excluding carboxylic acids is 5. The van der Waals surface area contributed by atoms with E-state index in [1.165, 1.54) is 55.6 Å². The largest absolute Gasteiger partial charge is 0.497 e. The number of allylic oxidation sites excluding steroid dienone is 2. The fourth-order valence-electron chi connectivity index (χ4n) is 5.20. The maximum Gasteiger partial charge on any atom is 0.343 e. The molecule has 9 nitrogen and oxygen atoms in total. The summed E-state index contributed by atoms with van der Waals surface area (Å²) in [6.07, 6.45) is 4.12. The number of esters is 1. The molecule has 1 aliphatic carbocycles. The van der Waals surface area contributed by atoms with Crippen LogP contribution in [0, 0.1) is 17.8 Å². The number of hydrogen-bond acceptors (Lipinski definition) is 7. The van der Waals surface area contributed by atoms with Crippen LogP contribution in [0.3, 0.4) is 0 Å². The van der Waals surface area contributed by atoms with Crippen molar-refractivity contribution in [3.8, 4) is 11.5 Å². The van der Waals surface area contributed by atoms with Gasteiger partial charge in [-0.15, -0.1) is 0 Å². The van der Waals surface area contributed by atoms with E-state index in [9.17, 15) is 24.0 Å². The van der Waals surface area contributed by atoms with Gasteiger partial charge >= 0.3 is 5.97 Å². The number of hydrogen-bond donors (Lipinski definition) is 0. The van der Waals surface area contributed by atoms with Crippen molar-refractivity contribution in [1.29, 1.82) is 0 Å². The van der Waals surface area contributed by atoms with Gasteiger partial charge in [-0.1, -0.05) is 36.7 Å². The summed E-state index contributed by atoms with van der Waals surface area (Å²) in [5.41, 5.74) is 0.640. The van der Waals surface area contributed by atoms with Gasteiger partial charge < -0.3 is 9.47 Å². The zero-order valence-electron chi connectivity index (χ0n) is 22.9. The number of carbonyl (C=O) groups is 5. The first kappa shape index (κ1) is 28.8. The van der Waals surface area contributed by atoms with Crippen molar-refractivity contribution in [2.24, 2.45) is 17.8 Å². The van der Waals surface area contributed by atoms with E-state index in [0.717, 1.165) is 10.0 Å². The van der Waals surface area contributed by atoms with E-state index in [-0.39, 0.29) is 28.4 Å². The van der Waals surface area contributed by atoms with Gasteiger partial charge in [0.2, 0.25) is 0 Å². The minimum Gasteiger partial charge on any atom is -0.497 e. The third kappa shape index (κ3) is 5.69. The molecule has 1 heterocycles. The average molecular weight is 587 g/mol. The summed E-state index contributed by atoms with van der Waals surface area (Å²) < 4.78 is 10.5. The van der Waals surface area contributed by atoms with Crippen LogP contribution in [-0.4, -0.2) is 53.1 Å². The molecule has 0 aromatic heterocycles. The van der Waals surface area contributed by atoms with E-state index in [1.54, 1.807) is 24.3 Å². The van der Waals surface area contributed by atoms with Crippen LogP contribution in [0.15, 0.2) is 84.9 Å². The molecule has 10 heteroatoms. The van der Waals surface area contributed by atoms with E-state index < -0.39 is 47.9 Å². The van der Waals surface area contributed by atoms with Crippen LogP contribution in [0.25, 0.3) is 0 Å². The highest BCUT2D eigenvalue weighted by molar-refractivity contribution is 6.30. The van der Waals surface area contributed by atoms with Crippen LogP contribution in [0.4, 0.5) is 0 Å². The molecule has 1 saturated heterocycles. The smallest absolute Gasteiger partial charge is 0.343 e. The van der Waals surface area contributed by atoms with Crippen LogP contribution in [0.5, 0.6) is 11.5 Å². The Kier molecular flexibility index (Phi) is 8.22. The van der Waals surface area contributed by atoms with Crippen LogP contribution >= 0.6 is 11.6 Å². The molecule has 0 unspecified atom stereocenters. The fraction of sp³-hybridized carbons (Fsp3) is 0.219. The molecule has 5 rings (SSSR count). The maximum atomic E-state index is 13.6. The van der Waals surface area contributed by atoms with Gasteiger partial charge in [0.05, 0.1) is 24.5 Å². The number of imide groups is 1. The highest BCUT2D eigenvalue weighted by Crippen LogP contribution is 2.39. The number of rotatable bonds is 8. The van der Waals surface area contributed by atoms with E-state index in [4.69, 9.17) is 21.1 Å². The first-order valence-corrected chi connectivity index (χ1v) is 13.7. The van der Waals surface area contributed by atoms with Crippen LogP contribution in [0.1, 0.15) is 44.4 Å². The predicted octanol–water partition coefficient (Wildman–Crippen LogP) is 5.01. The molecule has 1 aliphatic heterocycles. The lowest BCUT2D eigenvalue weighted by Gasteiger charge is -2.30. The van der Waals surface area contributed by atoms with Crippen molar-refractivity contribution >= 4 is 41.1 Å². The topological polar surface area (TPSA) is 110 Å². The summed E-state index contributed by atoms with van der Waals surface area (Å²) in [6.45, 7) is 1.28. The number of ether oxygens (including phenoxy) is 2. The Bertz CT molecular complexity index is 1580. The minimum absolute atomic E-state index is 0.161. The number of nitrogens with zero attached hydrogens (tertiary/aromatic N) is 2. The van der Waals surface area contributed by atoms with Gasteiger partial charge in [-0.05, 0) is 79.1 Å². The lowest BCUT2D eigenvalue weighted by atomic mass is 9.78. The molecule has 0 radical (unpaired) electrons. The molecule has 3 aromatic carbocycles. The average Bonchev–Trinajstić information content (AvgIpc) is 3.26. The Morgan fingerprint density at radius 3 is 2.26 bits per heavy atom. The molecule has 0 bridgehead atoms. The summed E-state index contributed by atoms with van der Waals surface area (Å²) in [5, 5.41) is 2.15. The summed E-state index contributed by atoms with van der Waals surface area (Å²) in [6, 6.07) is 18.2. The molecule has 3 amide bonds. The Hall–Kier alpha value is -4.76. The molecule has 0 spiro atoms. The highest BCUT2D eigenvalue weighted by atomic mass is 35.5. The normalized spacial score (nSPS) is 19.3. The van der Waals surface area contributed by atoms with Gasteiger partial charge in [0.1, 0.15) is 18.0 Å². The molecule has 1 fully saturated rings. The van der Waals surface area contributed by atoms with Gasteiger partial charge in [0, 0.05) is 16.1 Å². The van der Waals surface area contributed by atoms with Crippen molar-refractivity contribution in [3.63, 3.8) is 0 Å². The number of methoxy groups -OCH3 is 1. The van der Waals surface area contributed by atoms with Gasteiger partial charge in [-0.3, -0.25) is 19.2 Å². The number of fused-ring (bicyclic) bond motifs is 1. The van der Waals surface area contributed by atoms with Crippen molar-refractivity contribution in [2.75, 3.05) is 13.7 Å². The fourth-order valence-corrected chi connectivity index (χ4v) is 5.32. The van der Waals surface area contributed by atoms with Crippen LogP contribution in [-0.2, 0) is 9.59 Å². The van der Waals surface area contributed by atoms with Crippen LogP contribution < -0.4 is 9.47 Å². The SMILES string of the molecule is COc1cccc(C(=O)Oc2ccc(C(=O)CN(C(=O)c3ccc(Cl)cc3)N3C(=O)[C@@H]4[C@@H](C)C=CC[C@H]4C3=O)cc2)c1. The maximum absolute atomic E-state index is 13.6. The Morgan fingerprint density at radius 1 is 0.905 bits per heavy atom. The number of ketones is 1. The molecule has 0 saturated carbocycles. The lowest BCUT2D eigenvalue weighted by molar-refractivity contribution is -0.154. The number of Topliss-reactive ketones (excluding diaryl/α,β-unsaturated/α-hetero) is 1. The van der Waals surface area contributed by atoms with Gasteiger partial charge in [-0.2, -0.15) is 5.01 Å². The first-order chi connectivity index (χ1) is 20.2. The second-order valence-corrected chi connectivity index (χ2v) is 10.5. The zero-order valence-corrected chi connectivity index (χ0v) is 23.6. The Labute approximate surface area is 247 Å². The third-order valence-corrected chi connectivity index (χ3v) is 7.65. The predicted molar refractivity (Wildman–Crippen MR) is 153 cm³/mol. The highest BCUT2D eigenvalue weighted by Gasteiger charge is 2.53. The third-order valence-electron chi connectivity index (χ3n) is 7.40. The molecular formula is C32H27ClN2O7. The standard InChI is InChI=1S/C32H27ClN2O7/c1-19-5-3-8-26-28(19)31(39)35(30(26)38)34(29(37)21-9-13-23(33)14-10-21)18-27(36)20-11-15-24(16-12-20)42-32(40)22-6-4-7-25(17-22)41-2/h3-7,9-17,19,26,28H,8,18H2,1-2H3/t19-,26+,28+/m0/s1. The monoisotopic (exact) mass is 586 g/mol. The summed E-state index contributed by atoms with van der Waals surface area (Å²) in [7, 11) is 1.49. The van der Waals surface area contributed by atoms with Gasteiger partial charge in [0.15, 0.2) is 5.78 Å². The minimum atomic E-state index is -0.690. The molecule has 42 heavy (non-hydrogen) atoms. The van der Waals surface area contributed by atoms with Crippen LogP contribution in [0.2, 0.25) is 5.02 Å². The summed E-state index contributed by atoms with van der Waals surface area (Å²) in [4.78, 5) is 66.6. The first-order valence-electron chi connectivity index (χ1n) is 13.3. The number of halogens is 1. The van der Waals surface area contributed by atoms with Gasteiger partial charge in [0.25, 0.3) is 17.7 Å². The van der Waals surface area contributed by atoms with E-state index in [1.807, 2.05) is 19.1 Å². The molecule has 2 aliphatic rings. The second kappa shape index (κ2) is 12.0. The Balaban J connectivity index is 1.37. The Morgan fingerprint density at radius 2 is 1.60 bits per heavy atom. The zero-order chi connectivity index (χ0) is 30.0. The molecule has 214 valence electrons. The molecule has 0 N–H and O–H groups in total. The van der Waals surface area contributed by atoms with E-state index in [0.29, 0.717) is 17.2 Å². The molecule has 3 aromatic rings. The molecule has 3 atom stereocenters. The summed E-state index contributed by atoms with van der Waals surface area (Å²) in [5.74, 6) is -3.57. The molecular weight excluding hydrogens is 560 g/mol. The van der Waals surface area contributed by atoms with Crippen molar-refractivity contribution in [3.05, 3.63) is 107 Å². The van der Waals surface area contributed by atoms with E-state index in [2.05, 4.69) is 0 Å². The van der Waals surface area contributed by atoms with Crippen molar-refractivity contribution in [1.82, 2.24) is 10.0 Å². The number of hydrazine groups is 1. The lowest BCUT2D eigenvalue weighted by Crippen LogP contribution is -2.52. The van der Waals surface area contributed by atoms with Crippen molar-refractivity contribution < 1.29 is 33.4 Å². The number of amides is 3. The number of benzene rings is 3. The summed E-state index contributed by atoms with van der Waals surface area (Å²) >= 11 is 5.98. The van der Waals surface area contributed by atoms with Crippen molar-refractivity contribution in [2.45, 2.75) is 13.3 Å². The van der Waals surface area contributed by atoms with Gasteiger partial charge in [-0.25, -0.2) is 9.80 Å². The quantitative estimate of drug-likeness (QED) is 0.120. The van der Waals surface area contributed by atoms with E-state index >= 15 is 0 Å².